The van der Waals surface area contributed by atoms with E-state index in [4.69, 9.17) is 9.84 Å². The summed E-state index contributed by atoms with van der Waals surface area (Å²) in [5, 5.41) is 9.12. The number of benzene rings is 1. The van der Waals surface area contributed by atoms with E-state index < -0.39 is 0 Å². The summed E-state index contributed by atoms with van der Waals surface area (Å²) in [6, 6.07) is 7.35. The van der Waals surface area contributed by atoms with Crippen molar-refractivity contribution in [3.8, 4) is 5.75 Å². The van der Waals surface area contributed by atoms with Crippen molar-refractivity contribution >= 4 is 11.8 Å². The summed E-state index contributed by atoms with van der Waals surface area (Å²) in [5.74, 6) is 0.526. The summed E-state index contributed by atoms with van der Waals surface area (Å²) in [6.45, 7) is 5.24. The van der Waals surface area contributed by atoms with Crippen LogP contribution in [0.1, 0.15) is 38.3 Å². The first-order chi connectivity index (χ1) is 12.0. The number of amides is 2. The summed E-state index contributed by atoms with van der Waals surface area (Å²) in [5.41, 5.74) is 0.939. The van der Waals surface area contributed by atoms with Crippen molar-refractivity contribution in [2.45, 2.75) is 32.7 Å². The zero-order valence-corrected chi connectivity index (χ0v) is 15.3. The Labute approximate surface area is 149 Å². The van der Waals surface area contributed by atoms with Crippen LogP contribution in [0, 0.1) is 5.92 Å². The molecule has 1 heterocycles. The Morgan fingerprint density at radius 3 is 2.56 bits per heavy atom. The molecule has 1 aromatic rings. The van der Waals surface area contributed by atoms with E-state index in [9.17, 15) is 9.59 Å². The number of hydrogen-bond donors (Lipinski definition) is 1. The number of ether oxygens (including phenoxy) is 1. The van der Waals surface area contributed by atoms with Gasteiger partial charge in [0.1, 0.15) is 5.75 Å². The van der Waals surface area contributed by atoms with Crippen molar-refractivity contribution in [1.82, 2.24) is 9.80 Å². The molecular formula is C19H28N2O4. The van der Waals surface area contributed by atoms with Crippen LogP contribution in [0.5, 0.6) is 5.75 Å². The SMILES string of the molecule is CCOc1ccc([C@H]2[C@H](C(=O)N(C)CCO)CCC(=O)N2CC)cc1. The molecule has 2 rings (SSSR count). The highest BCUT2D eigenvalue weighted by Crippen LogP contribution is 2.38. The molecule has 0 spiro atoms. The molecule has 1 saturated heterocycles. The molecule has 0 radical (unpaired) electrons. The standard InChI is InChI=1S/C19H28N2O4/c1-4-21-17(23)11-10-16(19(24)20(3)12-13-22)18(21)14-6-8-15(9-7-14)25-5-2/h6-9,16,18,22H,4-5,10-13H2,1-3H3/t16-,18+/m1/s1. The van der Waals surface area contributed by atoms with Crippen molar-refractivity contribution in [3.63, 3.8) is 0 Å². The van der Waals surface area contributed by atoms with E-state index in [1.165, 1.54) is 0 Å². The van der Waals surface area contributed by atoms with E-state index in [1.54, 1.807) is 16.8 Å². The van der Waals surface area contributed by atoms with Crippen molar-refractivity contribution in [3.05, 3.63) is 29.8 Å². The molecule has 0 unspecified atom stereocenters. The number of aliphatic hydroxyl groups is 1. The lowest BCUT2D eigenvalue weighted by atomic mass is 9.83. The fourth-order valence-electron chi connectivity index (χ4n) is 3.47. The van der Waals surface area contributed by atoms with Crippen LogP contribution in [0.3, 0.4) is 0 Å². The minimum absolute atomic E-state index is 0.0288. The van der Waals surface area contributed by atoms with E-state index in [0.717, 1.165) is 11.3 Å². The molecule has 0 aromatic heterocycles. The number of rotatable bonds is 7. The highest BCUT2D eigenvalue weighted by Gasteiger charge is 2.40. The lowest BCUT2D eigenvalue weighted by Crippen LogP contribution is -2.48. The van der Waals surface area contributed by atoms with Crippen LogP contribution in [-0.4, -0.2) is 60.1 Å². The number of nitrogens with zero attached hydrogens (tertiary/aromatic N) is 2. The van der Waals surface area contributed by atoms with Gasteiger partial charge in [-0.2, -0.15) is 0 Å². The van der Waals surface area contributed by atoms with Crippen molar-refractivity contribution < 1.29 is 19.4 Å². The number of likely N-dealkylation sites (tertiary alicyclic amines) is 1. The Morgan fingerprint density at radius 2 is 2.00 bits per heavy atom. The number of piperidine rings is 1. The Morgan fingerprint density at radius 1 is 1.32 bits per heavy atom. The van der Waals surface area contributed by atoms with Gasteiger partial charge in [-0.15, -0.1) is 0 Å². The summed E-state index contributed by atoms with van der Waals surface area (Å²) in [4.78, 5) is 28.6. The summed E-state index contributed by atoms with van der Waals surface area (Å²) < 4.78 is 5.48. The molecule has 2 atom stereocenters. The predicted molar refractivity (Wildman–Crippen MR) is 95.2 cm³/mol. The second-order valence-electron chi connectivity index (χ2n) is 6.26. The fraction of sp³-hybridized carbons (Fsp3) is 0.579. The first-order valence-corrected chi connectivity index (χ1v) is 8.91. The molecule has 2 amide bonds. The molecule has 1 aliphatic heterocycles. The molecule has 1 aliphatic rings. The van der Waals surface area contributed by atoms with Crippen LogP contribution >= 0.6 is 0 Å². The maximum atomic E-state index is 12.9. The Hall–Kier alpha value is -2.08. The molecule has 0 bridgehead atoms. The van der Waals surface area contributed by atoms with Gasteiger partial charge in [-0.1, -0.05) is 12.1 Å². The van der Waals surface area contributed by atoms with E-state index in [1.807, 2.05) is 38.1 Å². The molecule has 1 fully saturated rings. The highest BCUT2D eigenvalue weighted by molar-refractivity contribution is 5.85. The van der Waals surface area contributed by atoms with Gasteiger partial charge in [0.2, 0.25) is 11.8 Å². The average Bonchev–Trinajstić information content (AvgIpc) is 2.62. The van der Waals surface area contributed by atoms with Crippen molar-refractivity contribution in [1.29, 1.82) is 0 Å². The number of likely N-dealkylation sites (N-methyl/N-ethyl adjacent to an activating group) is 1. The summed E-state index contributed by atoms with van der Waals surface area (Å²) in [7, 11) is 1.69. The van der Waals surface area contributed by atoms with Crippen LogP contribution in [-0.2, 0) is 9.59 Å². The Bertz CT molecular complexity index is 588. The van der Waals surface area contributed by atoms with E-state index in [2.05, 4.69) is 0 Å². The van der Waals surface area contributed by atoms with Gasteiger partial charge in [0, 0.05) is 26.6 Å². The molecule has 138 valence electrons. The van der Waals surface area contributed by atoms with Gasteiger partial charge in [0.25, 0.3) is 0 Å². The van der Waals surface area contributed by atoms with Gasteiger partial charge in [-0.05, 0) is 38.0 Å². The minimum Gasteiger partial charge on any atom is -0.494 e. The lowest BCUT2D eigenvalue weighted by molar-refractivity contribution is -0.147. The molecule has 1 aromatic carbocycles. The third-order valence-electron chi connectivity index (χ3n) is 4.71. The van der Waals surface area contributed by atoms with E-state index in [0.29, 0.717) is 32.5 Å². The highest BCUT2D eigenvalue weighted by atomic mass is 16.5. The Balaban J connectivity index is 2.33. The molecule has 6 heteroatoms. The van der Waals surface area contributed by atoms with E-state index >= 15 is 0 Å². The number of carbonyl (C=O) groups excluding carboxylic acids is 2. The lowest BCUT2D eigenvalue weighted by Gasteiger charge is -2.41. The Kier molecular flexibility index (Phi) is 6.82. The summed E-state index contributed by atoms with van der Waals surface area (Å²) in [6.07, 6.45) is 0.909. The number of aliphatic hydroxyl groups excluding tert-OH is 1. The third-order valence-corrected chi connectivity index (χ3v) is 4.71. The molecule has 25 heavy (non-hydrogen) atoms. The van der Waals surface area contributed by atoms with Gasteiger partial charge in [0.15, 0.2) is 0 Å². The van der Waals surface area contributed by atoms with Crippen LogP contribution < -0.4 is 4.74 Å². The smallest absolute Gasteiger partial charge is 0.227 e. The van der Waals surface area contributed by atoms with Gasteiger partial charge in [-0.3, -0.25) is 9.59 Å². The molecule has 0 saturated carbocycles. The minimum atomic E-state index is -0.299. The van der Waals surface area contributed by atoms with Gasteiger partial charge >= 0.3 is 0 Å². The van der Waals surface area contributed by atoms with Crippen LogP contribution in [0.2, 0.25) is 0 Å². The fourth-order valence-corrected chi connectivity index (χ4v) is 3.47. The maximum absolute atomic E-state index is 12.9. The average molecular weight is 348 g/mol. The molecule has 6 nitrogen and oxygen atoms in total. The number of carbonyl (C=O) groups is 2. The first-order valence-electron chi connectivity index (χ1n) is 8.91. The van der Waals surface area contributed by atoms with Gasteiger partial charge in [0.05, 0.1) is 25.2 Å². The van der Waals surface area contributed by atoms with Crippen molar-refractivity contribution in [2.24, 2.45) is 5.92 Å². The molecule has 1 N–H and O–H groups in total. The second-order valence-corrected chi connectivity index (χ2v) is 6.26. The third kappa shape index (κ3) is 4.31. The topological polar surface area (TPSA) is 70.1 Å². The first kappa shape index (κ1) is 19.2. The molecular weight excluding hydrogens is 320 g/mol. The van der Waals surface area contributed by atoms with E-state index in [-0.39, 0.29) is 30.4 Å². The number of hydrogen-bond acceptors (Lipinski definition) is 4. The van der Waals surface area contributed by atoms with Crippen molar-refractivity contribution in [2.75, 3.05) is 33.4 Å². The van der Waals surface area contributed by atoms with Gasteiger partial charge < -0.3 is 19.6 Å². The van der Waals surface area contributed by atoms with Crippen LogP contribution in [0.15, 0.2) is 24.3 Å². The zero-order valence-electron chi connectivity index (χ0n) is 15.3. The summed E-state index contributed by atoms with van der Waals surface area (Å²) >= 11 is 0. The second kappa shape index (κ2) is 8.85. The predicted octanol–water partition coefficient (Wildman–Crippen LogP) is 1.84. The zero-order chi connectivity index (χ0) is 18.4. The van der Waals surface area contributed by atoms with Crippen LogP contribution in [0.25, 0.3) is 0 Å². The maximum Gasteiger partial charge on any atom is 0.227 e. The molecule has 0 aliphatic carbocycles. The van der Waals surface area contributed by atoms with Gasteiger partial charge in [-0.25, -0.2) is 0 Å². The monoisotopic (exact) mass is 348 g/mol. The largest absolute Gasteiger partial charge is 0.494 e. The quantitative estimate of drug-likeness (QED) is 0.816. The normalized spacial score (nSPS) is 20.5. The van der Waals surface area contributed by atoms with Crippen LogP contribution in [0.4, 0.5) is 0 Å².